The molecule has 0 saturated heterocycles. The first-order chi connectivity index (χ1) is 13.7. The fraction of sp³-hybridized carbons (Fsp3) is 0.0909. The number of alkyl halides is 1. The lowest BCUT2D eigenvalue weighted by Gasteiger charge is -2.05. The molecule has 1 heterocycles. The summed E-state index contributed by atoms with van der Waals surface area (Å²) in [6, 6.07) is 21.5. The summed E-state index contributed by atoms with van der Waals surface area (Å²) in [4.78, 5) is 17.2. The zero-order valence-electron chi connectivity index (χ0n) is 15.1. The van der Waals surface area contributed by atoms with Gasteiger partial charge in [-0.25, -0.2) is 4.98 Å². The molecule has 0 saturated carbocycles. The van der Waals surface area contributed by atoms with Crippen LogP contribution in [-0.4, -0.2) is 18.0 Å². The van der Waals surface area contributed by atoms with Crippen molar-refractivity contribution in [2.45, 2.75) is 5.33 Å². The van der Waals surface area contributed by atoms with Gasteiger partial charge in [0.1, 0.15) is 11.3 Å². The van der Waals surface area contributed by atoms with Crippen LogP contribution in [0.25, 0.3) is 21.3 Å². The number of nitrogens with one attached hydrogen (secondary N) is 1. The highest BCUT2D eigenvalue weighted by molar-refractivity contribution is 9.08. The van der Waals surface area contributed by atoms with Crippen molar-refractivity contribution < 1.29 is 9.53 Å². The number of anilines is 1. The number of nitrogens with zero attached hydrogens (tertiary/aromatic N) is 1. The van der Waals surface area contributed by atoms with E-state index < -0.39 is 0 Å². The summed E-state index contributed by atoms with van der Waals surface area (Å²) in [5.74, 6) is 0.508. The zero-order chi connectivity index (χ0) is 19.5. The zero-order valence-corrected chi connectivity index (χ0v) is 17.5. The first-order valence-electron chi connectivity index (χ1n) is 8.69. The molecule has 1 N–H and O–H groups in total. The van der Waals surface area contributed by atoms with E-state index in [2.05, 4.69) is 38.4 Å². The SMILES string of the molecule is COc1ccc(-c2ccccc2)c2sc(NC(=O)c3ccc(CBr)cc3)nc12. The van der Waals surface area contributed by atoms with Gasteiger partial charge in [-0.05, 0) is 35.4 Å². The average Bonchev–Trinajstić information content (AvgIpc) is 3.17. The number of ether oxygens (including phenoxy) is 1. The fourth-order valence-corrected chi connectivity index (χ4v) is 4.35. The van der Waals surface area contributed by atoms with E-state index >= 15 is 0 Å². The number of aromatic nitrogens is 1. The maximum Gasteiger partial charge on any atom is 0.257 e. The molecule has 0 fully saturated rings. The molecule has 4 rings (SSSR count). The monoisotopic (exact) mass is 452 g/mol. The van der Waals surface area contributed by atoms with Gasteiger partial charge < -0.3 is 4.74 Å². The number of hydrogen-bond donors (Lipinski definition) is 1. The maximum atomic E-state index is 12.6. The van der Waals surface area contributed by atoms with Gasteiger partial charge >= 0.3 is 0 Å². The summed E-state index contributed by atoms with van der Waals surface area (Å²) in [5.41, 5.74) is 4.63. The van der Waals surface area contributed by atoms with Crippen molar-refractivity contribution in [3.8, 4) is 16.9 Å². The van der Waals surface area contributed by atoms with Gasteiger partial charge in [0.2, 0.25) is 0 Å². The van der Waals surface area contributed by atoms with Crippen LogP contribution in [-0.2, 0) is 5.33 Å². The largest absolute Gasteiger partial charge is 0.494 e. The van der Waals surface area contributed by atoms with Crippen molar-refractivity contribution in [2.24, 2.45) is 0 Å². The molecule has 3 aromatic carbocycles. The van der Waals surface area contributed by atoms with Crippen LogP contribution in [0.3, 0.4) is 0 Å². The number of fused-ring (bicyclic) bond motifs is 1. The summed E-state index contributed by atoms with van der Waals surface area (Å²) in [5, 5.41) is 4.22. The van der Waals surface area contributed by atoms with Crippen molar-refractivity contribution in [3.05, 3.63) is 77.9 Å². The Morgan fingerprint density at radius 2 is 1.82 bits per heavy atom. The predicted octanol–water partition coefficient (Wildman–Crippen LogP) is 6.12. The number of hydrogen-bond acceptors (Lipinski definition) is 4. The Labute approximate surface area is 175 Å². The second-order valence-electron chi connectivity index (χ2n) is 6.16. The van der Waals surface area contributed by atoms with E-state index in [9.17, 15) is 4.79 Å². The Morgan fingerprint density at radius 1 is 1.07 bits per heavy atom. The van der Waals surface area contributed by atoms with Gasteiger partial charge in [0.15, 0.2) is 5.13 Å². The number of carbonyl (C=O) groups excluding carboxylic acids is 1. The van der Waals surface area contributed by atoms with E-state index in [-0.39, 0.29) is 5.91 Å². The van der Waals surface area contributed by atoms with Crippen molar-refractivity contribution in [2.75, 3.05) is 12.4 Å². The molecule has 0 spiro atoms. The molecule has 6 heteroatoms. The summed E-state index contributed by atoms with van der Waals surface area (Å²) in [7, 11) is 1.62. The van der Waals surface area contributed by atoms with Crippen LogP contribution in [0.1, 0.15) is 15.9 Å². The summed E-state index contributed by atoms with van der Waals surface area (Å²) < 4.78 is 6.46. The number of carbonyl (C=O) groups is 1. The van der Waals surface area contributed by atoms with Crippen molar-refractivity contribution in [1.29, 1.82) is 0 Å². The number of halogens is 1. The van der Waals surface area contributed by atoms with Crippen LogP contribution in [0.15, 0.2) is 66.7 Å². The molecule has 140 valence electrons. The van der Waals surface area contributed by atoms with E-state index in [0.717, 1.165) is 32.2 Å². The van der Waals surface area contributed by atoms with E-state index in [1.165, 1.54) is 11.3 Å². The van der Waals surface area contributed by atoms with Crippen LogP contribution in [0.2, 0.25) is 0 Å². The molecule has 0 aliphatic carbocycles. The summed E-state index contributed by atoms with van der Waals surface area (Å²) in [6.07, 6.45) is 0. The van der Waals surface area contributed by atoms with E-state index in [4.69, 9.17) is 4.74 Å². The standard InChI is InChI=1S/C22H17BrN2O2S/c1-27-18-12-11-17(15-5-3-2-4-6-15)20-19(18)24-22(28-20)25-21(26)16-9-7-14(13-23)8-10-16/h2-12H,13H2,1H3,(H,24,25,26). The molecule has 0 bridgehead atoms. The molecule has 4 nitrogen and oxygen atoms in total. The second-order valence-corrected chi connectivity index (χ2v) is 7.72. The first kappa shape index (κ1) is 18.7. The Kier molecular flexibility index (Phi) is 5.41. The predicted molar refractivity (Wildman–Crippen MR) is 119 cm³/mol. The van der Waals surface area contributed by atoms with Crippen molar-refractivity contribution in [3.63, 3.8) is 0 Å². The molecule has 0 radical (unpaired) electrons. The quantitative estimate of drug-likeness (QED) is 0.371. The number of rotatable bonds is 5. The second kappa shape index (κ2) is 8.12. The normalized spacial score (nSPS) is 10.8. The van der Waals surface area contributed by atoms with Crippen LogP contribution in [0.5, 0.6) is 5.75 Å². The van der Waals surface area contributed by atoms with Crippen LogP contribution < -0.4 is 10.1 Å². The molecule has 1 aromatic heterocycles. The Bertz CT molecular complexity index is 1120. The molecular formula is C22H17BrN2O2S. The third-order valence-electron chi connectivity index (χ3n) is 4.40. The lowest BCUT2D eigenvalue weighted by atomic mass is 10.1. The van der Waals surface area contributed by atoms with Gasteiger partial charge in [0.05, 0.1) is 11.8 Å². The van der Waals surface area contributed by atoms with E-state index in [0.29, 0.717) is 16.4 Å². The van der Waals surface area contributed by atoms with Crippen LogP contribution in [0, 0.1) is 0 Å². The van der Waals surface area contributed by atoms with Crippen LogP contribution >= 0.6 is 27.3 Å². The van der Waals surface area contributed by atoms with Gasteiger partial charge in [-0.1, -0.05) is 69.7 Å². The Morgan fingerprint density at radius 3 is 2.50 bits per heavy atom. The number of methoxy groups -OCH3 is 1. The molecule has 0 atom stereocenters. The Hall–Kier alpha value is -2.70. The average molecular weight is 453 g/mol. The third-order valence-corrected chi connectivity index (χ3v) is 6.05. The Balaban J connectivity index is 1.71. The van der Waals surface area contributed by atoms with Crippen molar-refractivity contribution >= 4 is 48.5 Å². The maximum absolute atomic E-state index is 12.6. The highest BCUT2D eigenvalue weighted by atomic mass is 79.9. The summed E-state index contributed by atoms with van der Waals surface area (Å²) >= 11 is 4.86. The van der Waals surface area contributed by atoms with Crippen LogP contribution in [0.4, 0.5) is 5.13 Å². The van der Waals surface area contributed by atoms with Gasteiger partial charge in [0, 0.05) is 16.5 Å². The highest BCUT2D eigenvalue weighted by Crippen LogP contribution is 2.39. The van der Waals surface area contributed by atoms with Gasteiger partial charge in [-0.2, -0.15) is 0 Å². The molecule has 1 amide bonds. The lowest BCUT2D eigenvalue weighted by Crippen LogP contribution is -2.11. The minimum atomic E-state index is -0.180. The van der Waals surface area contributed by atoms with E-state index in [1.807, 2.05) is 54.6 Å². The molecule has 28 heavy (non-hydrogen) atoms. The number of thiazole rings is 1. The fourth-order valence-electron chi connectivity index (χ4n) is 2.96. The minimum Gasteiger partial charge on any atom is -0.494 e. The molecule has 0 unspecified atom stereocenters. The van der Waals surface area contributed by atoms with Gasteiger partial charge in [0.25, 0.3) is 5.91 Å². The minimum absolute atomic E-state index is 0.180. The van der Waals surface area contributed by atoms with Gasteiger partial charge in [-0.15, -0.1) is 0 Å². The summed E-state index contributed by atoms with van der Waals surface area (Å²) in [6.45, 7) is 0. The van der Waals surface area contributed by atoms with Crippen molar-refractivity contribution in [1.82, 2.24) is 4.98 Å². The number of amides is 1. The first-order valence-corrected chi connectivity index (χ1v) is 10.6. The highest BCUT2D eigenvalue weighted by Gasteiger charge is 2.16. The lowest BCUT2D eigenvalue weighted by molar-refractivity contribution is 0.102. The van der Waals surface area contributed by atoms with E-state index in [1.54, 1.807) is 7.11 Å². The smallest absolute Gasteiger partial charge is 0.257 e. The van der Waals surface area contributed by atoms with Gasteiger partial charge in [-0.3, -0.25) is 10.1 Å². The number of benzene rings is 3. The molecular weight excluding hydrogens is 436 g/mol. The molecule has 4 aromatic rings. The molecule has 0 aliphatic rings. The topological polar surface area (TPSA) is 51.2 Å². The third kappa shape index (κ3) is 3.66. The molecule has 0 aliphatic heterocycles.